The molecule has 2 N–H and O–H groups in total. The Balaban J connectivity index is 1.36. The van der Waals surface area contributed by atoms with E-state index in [9.17, 15) is 9.59 Å². The fraction of sp³-hybridized carbons (Fsp3) is 0.136. The molecule has 158 valence electrons. The molecule has 0 aliphatic rings. The number of hydrogen-bond acceptors (Lipinski definition) is 5. The second-order valence-corrected chi connectivity index (χ2v) is 8.35. The molecule has 0 aliphatic carbocycles. The molecular weight excluding hydrogens is 436 g/mol. The zero-order valence-electron chi connectivity index (χ0n) is 16.8. The van der Waals surface area contributed by atoms with Gasteiger partial charge in [0, 0.05) is 39.2 Å². The minimum Gasteiger partial charge on any atom is -0.375 e. The Labute approximate surface area is 187 Å². The first-order chi connectivity index (χ1) is 14.9. The molecule has 0 atom stereocenters. The average Bonchev–Trinajstić information content (AvgIpc) is 3.12. The van der Waals surface area contributed by atoms with Crippen molar-refractivity contribution in [3.63, 3.8) is 0 Å². The van der Waals surface area contributed by atoms with Crippen LogP contribution in [0.2, 0.25) is 5.02 Å². The lowest BCUT2D eigenvalue weighted by molar-refractivity contribution is 0.262. The highest BCUT2D eigenvalue weighted by molar-refractivity contribution is 7.98. The summed E-state index contributed by atoms with van der Waals surface area (Å²) < 4.78 is 6.48. The lowest BCUT2D eigenvalue weighted by Crippen LogP contribution is -2.19. The molecule has 2 amide bonds. The Kier molecular flexibility index (Phi) is 6.01. The van der Waals surface area contributed by atoms with E-state index in [0.29, 0.717) is 39.3 Å². The smallest absolute Gasteiger partial charge is 0.323 e. The maximum Gasteiger partial charge on any atom is 0.323 e. The summed E-state index contributed by atoms with van der Waals surface area (Å²) in [4.78, 5) is 29.8. The van der Waals surface area contributed by atoms with Crippen molar-refractivity contribution in [2.45, 2.75) is 24.5 Å². The number of anilines is 2. The summed E-state index contributed by atoms with van der Waals surface area (Å²) in [5.74, 6) is 1.17. The van der Waals surface area contributed by atoms with Crippen LogP contribution in [0.3, 0.4) is 0 Å². The largest absolute Gasteiger partial charge is 0.375 e. The average molecular weight is 455 g/mol. The maximum atomic E-state index is 12.3. The molecule has 0 spiro atoms. The molecule has 0 fully saturated rings. The third-order valence-corrected chi connectivity index (χ3v) is 5.99. The highest BCUT2D eigenvalue weighted by Gasteiger charge is 2.09. The highest BCUT2D eigenvalue weighted by Crippen LogP contribution is 2.25. The van der Waals surface area contributed by atoms with Crippen molar-refractivity contribution < 1.29 is 9.32 Å². The van der Waals surface area contributed by atoms with E-state index >= 15 is 0 Å². The van der Waals surface area contributed by atoms with Gasteiger partial charge in [-0.2, -0.15) is 0 Å². The molecule has 2 heterocycles. The number of nitrogens with one attached hydrogen (secondary N) is 2. The minimum absolute atomic E-state index is 0.241. The van der Waals surface area contributed by atoms with Crippen LogP contribution in [-0.2, 0) is 5.75 Å². The predicted molar refractivity (Wildman–Crippen MR) is 123 cm³/mol. The molecule has 0 bridgehead atoms. The molecule has 0 unspecified atom stereocenters. The van der Waals surface area contributed by atoms with Gasteiger partial charge < -0.3 is 15.2 Å². The van der Waals surface area contributed by atoms with Crippen molar-refractivity contribution >= 4 is 46.4 Å². The van der Waals surface area contributed by atoms with Gasteiger partial charge in [-0.1, -0.05) is 17.7 Å². The predicted octanol–water partition coefficient (Wildman–Crippen LogP) is 5.49. The fourth-order valence-corrected chi connectivity index (χ4v) is 3.93. The highest BCUT2D eigenvalue weighted by atomic mass is 35.5. The first-order valence-electron chi connectivity index (χ1n) is 9.44. The lowest BCUT2D eigenvalue weighted by atomic mass is 10.2. The molecule has 0 saturated heterocycles. The third kappa shape index (κ3) is 4.92. The van der Waals surface area contributed by atoms with Crippen LogP contribution in [-0.4, -0.2) is 15.6 Å². The number of amides is 2. The Morgan fingerprint density at radius 2 is 1.90 bits per heavy atom. The van der Waals surface area contributed by atoms with Gasteiger partial charge in [-0.05, 0) is 55.8 Å². The van der Waals surface area contributed by atoms with E-state index in [2.05, 4.69) is 15.6 Å². The topological polar surface area (TPSA) is 88.6 Å². The zero-order valence-corrected chi connectivity index (χ0v) is 18.4. The number of hydrogen-bond donors (Lipinski definition) is 2. The van der Waals surface area contributed by atoms with Crippen molar-refractivity contribution in [3.8, 4) is 0 Å². The third-order valence-electron chi connectivity index (χ3n) is 4.54. The Morgan fingerprint density at radius 1 is 1.13 bits per heavy atom. The van der Waals surface area contributed by atoms with Crippen molar-refractivity contribution in [2.24, 2.45) is 0 Å². The van der Waals surface area contributed by atoms with Crippen LogP contribution in [0.1, 0.15) is 17.0 Å². The van der Waals surface area contributed by atoms with E-state index in [1.807, 2.05) is 31.2 Å². The first kappa shape index (κ1) is 21.0. The van der Waals surface area contributed by atoms with Crippen LogP contribution in [0.25, 0.3) is 5.65 Å². The molecule has 9 heteroatoms. The molecule has 2 aromatic carbocycles. The lowest BCUT2D eigenvalue weighted by Gasteiger charge is -2.11. The summed E-state index contributed by atoms with van der Waals surface area (Å²) in [6, 6.07) is 15.6. The van der Waals surface area contributed by atoms with Crippen molar-refractivity contribution in [1.29, 1.82) is 0 Å². The number of carbonyl (C=O) groups excluding carboxylic acids is 1. The van der Waals surface area contributed by atoms with Gasteiger partial charge in [0.05, 0.1) is 5.69 Å². The number of fused-ring (bicyclic) bond motifs is 1. The molecule has 0 aliphatic heterocycles. The number of urea groups is 1. The summed E-state index contributed by atoms with van der Waals surface area (Å²) in [6.07, 6.45) is 0. The fourth-order valence-electron chi connectivity index (χ4n) is 2.97. The minimum atomic E-state index is -0.348. The van der Waals surface area contributed by atoms with Crippen molar-refractivity contribution in [2.75, 3.05) is 10.6 Å². The van der Waals surface area contributed by atoms with Gasteiger partial charge in [-0.3, -0.25) is 4.79 Å². The Morgan fingerprint density at radius 3 is 2.68 bits per heavy atom. The van der Waals surface area contributed by atoms with Gasteiger partial charge in [0.15, 0.2) is 5.65 Å². The van der Waals surface area contributed by atoms with E-state index < -0.39 is 0 Å². The molecule has 4 aromatic rings. The van der Waals surface area contributed by atoms with E-state index in [-0.39, 0.29) is 11.6 Å². The van der Waals surface area contributed by atoms with Crippen molar-refractivity contribution in [3.05, 3.63) is 87.0 Å². The number of nitrogens with zero attached hydrogens (tertiary/aromatic N) is 2. The molecule has 2 aromatic heterocycles. The van der Waals surface area contributed by atoms with Crippen LogP contribution >= 0.6 is 23.4 Å². The van der Waals surface area contributed by atoms with Crippen molar-refractivity contribution in [1.82, 2.24) is 9.56 Å². The number of thioether (sulfide) groups is 1. The maximum absolute atomic E-state index is 12.3. The number of carbonyl (C=O) groups is 1. The van der Waals surface area contributed by atoms with Gasteiger partial charge in [0.25, 0.3) is 5.56 Å². The number of aromatic nitrogens is 2. The van der Waals surface area contributed by atoms with Crippen LogP contribution in [0.5, 0.6) is 0 Å². The summed E-state index contributed by atoms with van der Waals surface area (Å²) in [5, 5.41) is 6.19. The summed E-state index contributed by atoms with van der Waals surface area (Å²) in [6.45, 7) is 3.62. The van der Waals surface area contributed by atoms with Gasteiger partial charge in [-0.15, -0.1) is 16.3 Å². The van der Waals surface area contributed by atoms with E-state index in [4.69, 9.17) is 16.1 Å². The molecular formula is C22H19ClN4O3S. The number of halogens is 1. The summed E-state index contributed by atoms with van der Waals surface area (Å²) in [7, 11) is 0. The van der Waals surface area contributed by atoms with Gasteiger partial charge >= 0.3 is 6.03 Å². The number of rotatable bonds is 5. The van der Waals surface area contributed by atoms with E-state index in [0.717, 1.165) is 10.5 Å². The SMILES string of the molecule is Cc1cc2nc(CSc3ccc(NC(=O)Nc4cccc(Cl)c4C)cc3)cc(=O)n2o1. The quantitative estimate of drug-likeness (QED) is 0.389. The number of aryl methyl sites for hydroxylation is 1. The second-order valence-electron chi connectivity index (χ2n) is 6.89. The second kappa shape index (κ2) is 8.87. The Bertz CT molecular complexity index is 1310. The standard InChI is InChI=1S/C22H19ClN4O3S/c1-13-10-20-24-16(11-21(28)27(20)30-13)12-31-17-8-6-15(7-9-17)25-22(29)26-19-5-3-4-18(23)14(19)2/h3-11H,12H2,1-2H3,(H2,25,26,29). The molecule has 0 saturated carbocycles. The van der Waals surface area contributed by atoms with E-state index in [1.165, 1.54) is 10.6 Å². The van der Waals surface area contributed by atoms with Crippen LogP contribution in [0, 0.1) is 13.8 Å². The summed E-state index contributed by atoms with van der Waals surface area (Å²) in [5.41, 5.74) is 3.06. The van der Waals surface area contributed by atoms with Crippen LogP contribution in [0.4, 0.5) is 16.2 Å². The van der Waals surface area contributed by atoms with Gasteiger partial charge in [0.2, 0.25) is 0 Å². The van der Waals surface area contributed by atoms with E-state index in [1.54, 1.807) is 43.0 Å². The molecule has 4 rings (SSSR count). The van der Waals surface area contributed by atoms with Gasteiger partial charge in [0.1, 0.15) is 5.76 Å². The summed E-state index contributed by atoms with van der Waals surface area (Å²) >= 11 is 7.63. The van der Waals surface area contributed by atoms with Crippen LogP contribution in [0.15, 0.2) is 68.8 Å². The number of benzene rings is 2. The monoisotopic (exact) mass is 454 g/mol. The molecule has 31 heavy (non-hydrogen) atoms. The zero-order chi connectivity index (χ0) is 22.0. The van der Waals surface area contributed by atoms with Crippen LogP contribution < -0.4 is 16.2 Å². The molecule has 0 radical (unpaired) electrons. The Hall–Kier alpha value is -3.23. The van der Waals surface area contributed by atoms with Gasteiger partial charge in [-0.25, -0.2) is 9.78 Å². The normalized spacial score (nSPS) is 10.9. The first-order valence-corrected chi connectivity index (χ1v) is 10.8. The molecule has 7 nitrogen and oxygen atoms in total.